The predicted octanol–water partition coefficient (Wildman–Crippen LogP) is 2.73. The van der Waals surface area contributed by atoms with Crippen LogP contribution in [0.1, 0.15) is 26.2 Å². The van der Waals surface area contributed by atoms with E-state index < -0.39 is 0 Å². The average molecular weight is 212 g/mol. The summed E-state index contributed by atoms with van der Waals surface area (Å²) in [7, 11) is 0. The lowest BCUT2D eigenvalue weighted by atomic mass is 10.2. The van der Waals surface area contributed by atoms with Crippen LogP contribution in [0.25, 0.3) is 0 Å². The van der Waals surface area contributed by atoms with E-state index in [0.29, 0.717) is 11.2 Å². The molecule has 0 aliphatic heterocycles. The summed E-state index contributed by atoms with van der Waals surface area (Å²) in [5.41, 5.74) is 0. The van der Waals surface area contributed by atoms with Gasteiger partial charge in [-0.25, -0.2) is 9.97 Å². The maximum absolute atomic E-state index is 5.88. The highest BCUT2D eigenvalue weighted by Gasteiger charge is 2.36. The molecule has 2 rings (SSSR count). The van der Waals surface area contributed by atoms with Gasteiger partial charge in [-0.15, -0.1) is 0 Å². The molecule has 0 saturated heterocycles. The summed E-state index contributed by atoms with van der Waals surface area (Å²) in [6.45, 7) is 2.21. The van der Waals surface area contributed by atoms with Gasteiger partial charge in [-0.1, -0.05) is 24.9 Å². The Morgan fingerprint density at radius 2 is 2.29 bits per heavy atom. The lowest BCUT2D eigenvalue weighted by molar-refractivity contribution is 0.692. The van der Waals surface area contributed by atoms with Gasteiger partial charge in [0.1, 0.15) is 0 Å². The summed E-state index contributed by atoms with van der Waals surface area (Å²) < 4.78 is 0. The van der Waals surface area contributed by atoms with Gasteiger partial charge in [0.15, 0.2) is 11.0 Å². The Balaban J connectivity index is 1.90. The van der Waals surface area contributed by atoms with Gasteiger partial charge in [-0.05, 0) is 18.8 Å². The van der Waals surface area contributed by atoms with Crippen LogP contribution in [0.5, 0.6) is 0 Å². The first-order valence-corrected chi connectivity index (χ1v) is 5.42. The number of aromatic nitrogens is 2. The van der Waals surface area contributed by atoms with Crippen LogP contribution >= 0.6 is 11.6 Å². The van der Waals surface area contributed by atoms with Gasteiger partial charge in [0.2, 0.25) is 0 Å². The van der Waals surface area contributed by atoms with Crippen molar-refractivity contribution in [2.75, 3.05) is 5.32 Å². The van der Waals surface area contributed by atoms with Crippen LogP contribution in [0.15, 0.2) is 12.4 Å². The highest BCUT2D eigenvalue weighted by molar-refractivity contribution is 6.31. The molecule has 1 aromatic heterocycles. The molecule has 1 saturated carbocycles. The van der Waals surface area contributed by atoms with Crippen LogP contribution in [0.2, 0.25) is 5.15 Å². The molecule has 1 aliphatic carbocycles. The van der Waals surface area contributed by atoms with Crippen LogP contribution in [0.3, 0.4) is 0 Å². The van der Waals surface area contributed by atoms with Gasteiger partial charge >= 0.3 is 0 Å². The van der Waals surface area contributed by atoms with Crippen molar-refractivity contribution in [1.82, 2.24) is 9.97 Å². The first-order valence-electron chi connectivity index (χ1n) is 5.04. The molecule has 1 aliphatic rings. The molecule has 14 heavy (non-hydrogen) atoms. The third-order valence-corrected chi connectivity index (χ3v) is 2.83. The van der Waals surface area contributed by atoms with Crippen molar-refractivity contribution in [3.8, 4) is 0 Å². The van der Waals surface area contributed by atoms with Crippen molar-refractivity contribution < 1.29 is 0 Å². The molecule has 76 valence electrons. The molecule has 1 aromatic rings. The first-order chi connectivity index (χ1) is 6.81. The monoisotopic (exact) mass is 211 g/mol. The minimum Gasteiger partial charge on any atom is -0.364 e. The zero-order chi connectivity index (χ0) is 9.97. The summed E-state index contributed by atoms with van der Waals surface area (Å²) in [6.07, 6.45) is 7.03. The first kappa shape index (κ1) is 9.71. The zero-order valence-electron chi connectivity index (χ0n) is 8.20. The van der Waals surface area contributed by atoms with Gasteiger partial charge < -0.3 is 5.32 Å². The number of hydrogen-bond acceptors (Lipinski definition) is 3. The van der Waals surface area contributed by atoms with E-state index >= 15 is 0 Å². The number of nitrogens with zero attached hydrogens (tertiary/aromatic N) is 2. The molecule has 0 aromatic carbocycles. The minimum absolute atomic E-state index is 0.467. The van der Waals surface area contributed by atoms with Crippen molar-refractivity contribution in [2.24, 2.45) is 5.92 Å². The van der Waals surface area contributed by atoms with Gasteiger partial charge in [-0.3, -0.25) is 0 Å². The molecule has 3 nitrogen and oxygen atoms in total. The van der Waals surface area contributed by atoms with Crippen LogP contribution < -0.4 is 5.32 Å². The van der Waals surface area contributed by atoms with Gasteiger partial charge in [0.05, 0.1) is 0 Å². The summed E-state index contributed by atoms with van der Waals surface area (Å²) >= 11 is 5.88. The molecule has 1 N–H and O–H groups in total. The fraction of sp³-hybridized carbons (Fsp3) is 0.600. The van der Waals surface area contributed by atoms with Crippen LogP contribution in [-0.4, -0.2) is 16.0 Å². The Morgan fingerprint density at radius 1 is 1.50 bits per heavy atom. The molecule has 0 radical (unpaired) electrons. The molecule has 2 unspecified atom stereocenters. The molecule has 0 spiro atoms. The molecule has 2 atom stereocenters. The normalized spacial score (nSPS) is 24.7. The van der Waals surface area contributed by atoms with E-state index in [-0.39, 0.29) is 0 Å². The van der Waals surface area contributed by atoms with E-state index in [1.54, 1.807) is 12.4 Å². The van der Waals surface area contributed by atoms with Gasteiger partial charge in [-0.2, -0.15) is 0 Å². The van der Waals surface area contributed by atoms with E-state index in [9.17, 15) is 0 Å². The van der Waals surface area contributed by atoms with Crippen LogP contribution in [0, 0.1) is 5.92 Å². The topological polar surface area (TPSA) is 37.8 Å². The molecule has 1 heterocycles. The quantitative estimate of drug-likeness (QED) is 0.832. The highest BCUT2D eigenvalue weighted by Crippen LogP contribution is 2.37. The van der Waals surface area contributed by atoms with E-state index in [2.05, 4.69) is 22.2 Å². The number of hydrogen-bond donors (Lipinski definition) is 1. The lowest BCUT2D eigenvalue weighted by Gasteiger charge is -2.04. The van der Waals surface area contributed by atoms with E-state index in [0.717, 1.165) is 11.7 Å². The van der Waals surface area contributed by atoms with E-state index in [1.807, 2.05) is 0 Å². The van der Waals surface area contributed by atoms with Crippen molar-refractivity contribution in [2.45, 2.75) is 32.2 Å². The van der Waals surface area contributed by atoms with Crippen LogP contribution in [-0.2, 0) is 0 Å². The summed E-state index contributed by atoms with van der Waals surface area (Å²) in [6, 6.07) is 0.559. The Labute approximate surface area is 88.9 Å². The van der Waals surface area contributed by atoms with Crippen molar-refractivity contribution >= 4 is 17.4 Å². The fourth-order valence-electron chi connectivity index (χ4n) is 1.71. The minimum atomic E-state index is 0.467. The highest BCUT2D eigenvalue weighted by atomic mass is 35.5. The second kappa shape index (κ2) is 4.13. The molecule has 0 bridgehead atoms. The SMILES string of the molecule is CCCC1CC1Nc1nccnc1Cl. The van der Waals surface area contributed by atoms with E-state index in [4.69, 9.17) is 11.6 Å². The summed E-state index contributed by atoms with van der Waals surface area (Å²) in [5, 5.41) is 3.78. The lowest BCUT2D eigenvalue weighted by Crippen LogP contribution is -2.07. The van der Waals surface area contributed by atoms with Crippen molar-refractivity contribution in [3.05, 3.63) is 17.5 Å². The fourth-order valence-corrected chi connectivity index (χ4v) is 1.87. The summed E-state index contributed by atoms with van der Waals surface area (Å²) in [4.78, 5) is 8.12. The Bertz CT molecular complexity index is 316. The molecule has 0 amide bonds. The van der Waals surface area contributed by atoms with Gasteiger partial charge in [0, 0.05) is 18.4 Å². The van der Waals surface area contributed by atoms with Crippen molar-refractivity contribution in [3.63, 3.8) is 0 Å². The number of anilines is 1. The maximum Gasteiger partial charge on any atom is 0.171 e. The van der Waals surface area contributed by atoms with Crippen LogP contribution in [0.4, 0.5) is 5.82 Å². The second-order valence-corrected chi connectivity index (χ2v) is 4.09. The van der Waals surface area contributed by atoms with Crippen molar-refractivity contribution in [1.29, 1.82) is 0 Å². The predicted molar refractivity (Wildman–Crippen MR) is 57.5 cm³/mol. The maximum atomic E-state index is 5.88. The Kier molecular flexibility index (Phi) is 2.87. The standard InChI is InChI=1S/C10H14ClN3/c1-2-3-7-6-8(7)14-10-9(11)12-4-5-13-10/h4-5,7-8H,2-3,6H2,1H3,(H,13,14). The molecular weight excluding hydrogens is 198 g/mol. The molecular formula is C10H14ClN3. The third-order valence-electron chi connectivity index (χ3n) is 2.56. The smallest absolute Gasteiger partial charge is 0.171 e. The molecule has 1 fully saturated rings. The summed E-state index contributed by atoms with van der Waals surface area (Å²) in [5.74, 6) is 1.52. The zero-order valence-corrected chi connectivity index (χ0v) is 8.96. The average Bonchev–Trinajstić information content (AvgIpc) is 2.89. The Hall–Kier alpha value is -0.830. The van der Waals surface area contributed by atoms with E-state index in [1.165, 1.54) is 19.3 Å². The third kappa shape index (κ3) is 2.15. The number of halogens is 1. The Morgan fingerprint density at radius 3 is 3.00 bits per heavy atom. The second-order valence-electron chi connectivity index (χ2n) is 3.73. The largest absolute Gasteiger partial charge is 0.364 e. The number of rotatable bonds is 4. The number of nitrogens with one attached hydrogen (secondary N) is 1. The van der Waals surface area contributed by atoms with Gasteiger partial charge in [0.25, 0.3) is 0 Å². The molecule has 4 heteroatoms.